The van der Waals surface area contributed by atoms with Crippen molar-refractivity contribution in [3.05, 3.63) is 53.2 Å². The highest BCUT2D eigenvalue weighted by Crippen LogP contribution is 2.36. The van der Waals surface area contributed by atoms with Gasteiger partial charge in [-0.15, -0.1) is 0 Å². The highest BCUT2D eigenvalue weighted by molar-refractivity contribution is 6.48. The van der Waals surface area contributed by atoms with Crippen LogP contribution < -0.4 is 26.3 Å². The number of ether oxygens (including phenoxy) is 2. The van der Waals surface area contributed by atoms with Crippen molar-refractivity contribution in [3.8, 4) is 11.5 Å². The summed E-state index contributed by atoms with van der Waals surface area (Å²) in [4.78, 5) is 16.7. The van der Waals surface area contributed by atoms with Crippen LogP contribution in [0, 0.1) is 0 Å². The molecule has 5 N–H and O–H groups in total. The van der Waals surface area contributed by atoms with Gasteiger partial charge in [0.1, 0.15) is 22.9 Å². The highest BCUT2D eigenvalue weighted by Gasteiger charge is 2.32. The molecule has 2 aromatic rings. The van der Waals surface area contributed by atoms with E-state index in [1.807, 2.05) is 0 Å². The van der Waals surface area contributed by atoms with E-state index in [2.05, 4.69) is 10.3 Å². The minimum absolute atomic E-state index is 0.0843. The summed E-state index contributed by atoms with van der Waals surface area (Å²) in [6.45, 7) is 0. The summed E-state index contributed by atoms with van der Waals surface area (Å²) in [5.74, 6) is -0.556. The lowest BCUT2D eigenvalue weighted by molar-refractivity contribution is -0.110. The average molecular weight is 443 g/mol. The molecule has 2 aromatic carbocycles. The molecule has 11 heteroatoms. The second kappa shape index (κ2) is 9.40. The topological polar surface area (TPSA) is 112 Å². The van der Waals surface area contributed by atoms with E-state index in [9.17, 15) is 18.0 Å². The molecule has 30 heavy (non-hydrogen) atoms. The first-order valence-corrected chi connectivity index (χ1v) is 8.65. The van der Waals surface area contributed by atoms with Crippen LogP contribution in [0.2, 0.25) is 5.02 Å². The van der Waals surface area contributed by atoms with Crippen LogP contribution in [0.1, 0.15) is 0 Å². The lowest BCUT2D eigenvalue weighted by Crippen LogP contribution is -2.26. The van der Waals surface area contributed by atoms with Gasteiger partial charge in [0.15, 0.2) is 0 Å². The van der Waals surface area contributed by atoms with Crippen molar-refractivity contribution in [2.45, 2.75) is 6.18 Å². The van der Waals surface area contributed by atoms with Crippen LogP contribution in [0.4, 0.5) is 30.2 Å². The number of aliphatic imine (C=N–C) groups is 1. The molecule has 0 saturated heterocycles. The Hall–Kier alpha value is -3.40. The molecule has 0 bridgehead atoms. The number of benzene rings is 2. The normalized spacial score (nSPS) is 12.5. The number of anilines is 2. The molecule has 0 spiro atoms. The first-order chi connectivity index (χ1) is 14.1. The molecule has 0 radical (unpaired) electrons. The smallest absolute Gasteiger partial charge is 0.430 e. The van der Waals surface area contributed by atoms with Gasteiger partial charge in [-0.05, 0) is 24.3 Å². The number of carbonyl (C=O) groups excluding carboxylic acids is 1. The van der Waals surface area contributed by atoms with Crippen LogP contribution >= 0.6 is 11.6 Å². The minimum atomic E-state index is -4.86. The van der Waals surface area contributed by atoms with E-state index in [1.165, 1.54) is 38.5 Å². The molecule has 0 heterocycles. The van der Waals surface area contributed by atoms with E-state index in [4.69, 9.17) is 32.5 Å². The molecule has 0 atom stereocenters. The summed E-state index contributed by atoms with van der Waals surface area (Å²) in [5, 5.41) is 2.55. The maximum atomic E-state index is 12.9. The number of methoxy groups -OCH3 is 2. The maximum absolute atomic E-state index is 12.9. The van der Waals surface area contributed by atoms with Crippen molar-refractivity contribution in [2.75, 3.05) is 25.3 Å². The van der Waals surface area contributed by atoms with Crippen molar-refractivity contribution in [1.82, 2.24) is 0 Å². The summed E-state index contributed by atoms with van der Waals surface area (Å²) >= 11 is 6.06. The Labute approximate surface area is 175 Å². The number of para-hydroxylation sites is 2. The van der Waals surface area contributed by atoms with Crippen molar-refractivity contribution in [1.29, 1.82) is 0 Å². The van der Waals surface area contributed by atoms with Gasteiger partial charge < -0.3 is 26.3 Å². The van der Waals surface area contributed by atoms with Gasteiger partial charge in [-0.1, -0.05) is 23.7 Å². The van der Waals surface area contributed by atoms with Crippen LogP contribution in [0.15, 0.2) is 53.2 Å². The van der Waals surface area contributed by atoms with Crippen molar-refractivity contribution < 1.29 is 27.4 Å². The average Bonchev–Trinajstić information content (AvgIpc) is 2.68. The first-order valence-electron chi connectivity index (χ1n) is 8.27. The summed E-state index contributed by atoms with van der Waals surface area (Å²) in [6, 6.07) is 8.82. The number of nitrogens with zero attached hydrogens (tertiary/aromatic N) is 1. The molecule has 0 saturated carbocycles. The van der Waals surface area contributed by atoms with Gasteiger partial charge in [-0.2, -0.15) is 13.2 Å². The Morgan fingerprint density at radius 2 is 1.80 bits per heavy atom. The number of halogens is 4. The monoisotopic (exact) mass is 442 g/mol. The van der Waals surface area contributed by atoms with Crippen LogP contribution in [0.5, 0.6) is 11.5 Å². The predicted molar refractivity (Wildman–Crippen MR) is 109 cm³/mol. The Morgan fingerprint density at radius 1 is 1.17 bits per heavy atom. The van der Waals surface area contributed by atoms with Crippen LogP contribution in [-0.4, -0.2) is 32.0 Å². The number of rotatable bonds is 6. The quantitative estimate of drug-likeness (QED) is 0.461. The molecule has 0 aliphatic rings. The lowest BCUT2D eigenvalue weighted by Gasteiger charge is -2.14. The Balaban J connectivity index is 2.51. The molecule has 7 nitrogen and oxygen atoms in total. The third-order valence-electron chi connectivity index (χ3n) is 3.75. The largest absolute Gasteiger partial charge is 0.495 e. The molecule has 1 amide bonds. The Bertz CT molecular complexity index is 1010. The SMILES string of the molecule is COc1cc(OC)c(NC(=O)C(C=C(N)C(F)(F)F)=Nc2ccccc2N)cc1Cl. The third kappa shape index (κ3) is 5.57. The molecular weight excluding hydrogens is 425 g/mol. The second-order valence-electron chi connectivity index (χ2n) is 5.79. The predicted octanol–water partition coefficient (Wildman–Crippen LogP) is 4.06. The molecule has 160 valence electrons. The van der Waals surface area contributed by atoms with E-state index < -0.39 is 23.5 Å². The lowest BCUT2D eigenvalue weighted by atomic mass is 10.2. The zero-order chi connectivity index (χ0) is 22.5. The molecule has 0 unspecified atom stereocenters. The van der Waals surface area contributed by atoms with Gasteiger partial charge in [0.05, 0.1) is 36.3 Å². The Kier molecular flexibility index (Phi) is 7.17. The summed E-state index contributed by atoms with van der Waals surface area (Å²) in [6.07, 6.45) is -4.44. The van der Waals surface area contributed by atoms with Crippen LogP contribution in [0.3, 0.4) is 0 Å². The summed E-state index contributed by atoms with van der Waals surface area (Å²) < 4.78 is 49.0. The molecule has 0 aliphatic carbocycles. The van der Waals surface area contributed by atoms with Gasteiger partial charge in [-0.3, -0.25) is 4.79 Å². The first kappa shape index (κ1) is 22.9. The molecule has 0 aromatic heterocycles. The number of nitrogen functional groups attached to an aromatic ring is 1. The maximum Gasteiger partial charge on any atom is 0.430 e. The minimum Gasteiger partial charge on any atom is -0.495 e. The molecule has 2 rings (SSSR count). The second-order valence-corrected chi connectivity index (χ2v) is 6.20. The van der Waals surface area contributed by atoms with Crippen molar-refractivity contribution in [3.63, 3.8) is 0 Å². The fraction of sp³-hybridized carbons (Fsp3) is 0.158. The molecule has 0 fully saturated rings. The van der Waals surface area contributed by atoms with Crippen molar-refractivity contribution >= 4 is 40.3 Å². The van der Waals surface area contributed by atoms with Gasteiger partial charge >= 0.3 is 6.18 Å². The number of nitrogens with one attached hydrogen (secondary N) is 1. The van der Waals surface area contributed by atoms with E-state index >= 15 is 0 Å². The van der Waals surface area contributed by atoms with Crippen molar-refractivity contribution in [2.24, 2.45) is 10.7 Å². The number of amides is 1. The third-order valence-corrected chi connectivity index (χ3v) is 4.05. The van der Waals surface area contributed by atoms with E-state index in [0.717, 1.165) is 0 Å². The van der Waals surface area contributed by atoms with Crippen LogP contribution in [0.25, 0.3) is 0 Å². The van der Waals surface area contributed by atoms with Gasteiger partial charge in [0.2, 0.25) is 0 Å². The van der Waals surface area contributed by atoms with Crippen LogP contribution in [-0.2, 0) is 4.79 Å². The van der Waals surface area contributed by atoms with E-state index in [0.29, 0.717) is 6.08 Å². The molecular formula is C19H18ClF3N4O3. The fourth-order valence-electron chi connectivity index (χ4n) is 2.24. The van der Waals surface area contributed by atoms with Gasteiger partial charge in [0.25, 0.3) is 5.91 Å². The number of allylic oxidation sites excluding steroid dienone is 1. The number of alkyl halides is 3. The summed E-state index contributed by atoms with van der Waals surface area (Å²) in [7, 11) is 2.72. The molecule has 0 aliphatic heterocycles. The number of hydrogen-bond donors (Lipinski definition) is 3. The zero-order valence-electron chi connectivity index (χ0n) is 15.9. The van der Waals surface area contributed by atoms with Gasteiger partial charge in [0, 0.05) is 6.07 Å². The standard InChI is InChI=1S/C19H18ClF3N4O3/c1-29-15-9-16(30-2)13(7-10(15)20)27-18(28)14(8-17(25)19(21,22)23)26-12-6-4-3-5-11(12)24/h3-9H,24-25H2,1-2H3,(H,27,28). The van der Waals surface area contributed by atoms with E-state index in [-0.39, 0.29) is 33.6 Å². The summed E-state index contributed by atoms with van der Waals surface area (Å²) in [5.41, 5.74) is 9.04. The zero-order valence-corrected chi connectivity index (χ0v) is 16.6. The Morgan fingerprint density at radius 3 is 2.37 bits per heavy atom. The number of hydrogen-bond acceptors (Lipinski definition) is 6. The fourth-order valence-corrected chi connectivity index (χ4v) is 2.48. The van der Waals surface area contributed by atoms with Gasteiger partial charge in [-0.25, -0.2) is 4.99 Å². The number of nitrogens with two attached hydrogens (primary N) is 2. The number of carbonyl (C=O) groups is 1. The van der Waals surface area contributed by atoms with E-state index in [1.54, 1.807) is 12.1 Å². The highest BCUT2D eigenvalue weighted by atomic mass is 35.5.